The van der Waals surface area contributed by atoms with Crippen LogP contribution in [-0.4, -0.2) is 80.6 Å². The first-order valence-corrected chi connectivity index (χ1v) is 15.5. The van der Waals surface area contributed by atoms with E-state index in [0.29, 0.717) is 30.1 Å². The molecule has 2 aromatic carbocycles. The highest BCUT2D eigenvalue weighted by Crippen LogP contribution is 2.27. The van der Waals surface area contributed by atoms with E-state index in [1.165, 1.54) is 0 Å². The Hall–Kier alpha value is -4.28. The van der Waals surface area contributed by atoms with Crippen LogP contribution < -0.4 is 30.2 Å². The number of carbonyl (C=O) groups is 4. The van der Waals surface area contributed by atoms with Gasteiger partial charge in [0.1, 0.15) is 31.0 Å². The Kier molecular flexibility index (Phi) is 13.1. The van der Waals surface area contributed by atoms with Gasteiger partial charge in [-0.1, -0.05) is 45.9 Å². The smallest absolute Gasteiger partial charge is 0.255 e. The number of nitrogens with one attached hydrogen (secondary N) is 3. The number of fused-ring (bicyclic) bond motifs is 1. The zero-order valence-electron chi connectivity index (χ0n) is 27.5. The molecule has 0 saturated carbocycles. The highest BCUT2D eigenvalue weighted by Gasteiger charge is 2.33. The number of benzene rings is 2. The lowest BCUT2D eigenvalue weighted by Gasteiger charge is -2.33. The molecule has 3 N–H and O–H groups in total. The molecule has 3 atom stereocenters. The van der Waals surface area contributed by atoms with E-state index in [2.05, 4.69) is 29.8 Å². The van der Waals surface area contributed by atoms with Gasteiger partial charge >= 0.3 is 0 Å². The van der Waals surface area contributed by atoms with Crippen LogP contribution in [0.25, 0.3) is 0 Å². The maximum atomic E-state index is 13.7. The molecule has 0 spiro atoms. The van der Waals surface area contributed by atoms with Gasteiger partial charge in [-0.25, -0.2) is 0 Å². The van der Waals surface area contributed by atoms with Crippen molar-refractivity contribution in [3.05, 3.63) is 53.6 Å². The molecule has 0 aliphatic carbocycles. The van der Waals surface area contributed by atoms with Crippen LogP contribution in [0.3, 0.4) is 0 Å². The molecule has 0 unspecified atom stereocenters. The van der Waals surface area contributed by atoms with Crippen LogP contribution in [0, 0.1) is 18.8 Å². The number of likely N-dealkylation sites (N-methyl/N-ethyl adjacent to an activating group) is 1. The number of amides is 4. The van der Waals surface area contributed by atoms with Crippen LogP contribution in [0.15, 0.2) is 42.5 Å². The summed E-state index contributed by atoms with van der Waals surface area (Å²) < 4.78 is 17.3. The van der Waals surface area contributed by atoms with E-state index < -0.39 is 29.8 Å². The molecule has 0 radical (unpaired) electrons. The van der Waals surface area contributed by atoms with Gasteiger partial charge in [-0.05, 0) is 61.4 Å². The molecule has 0 saturated heterocycles. The first-order chi connectivity index (χ1) is 21.4. The first kappa shape index (κ1) is 35.2. The Morgan fingerprint density at radius 2 is 1.73 bits per heavy atom. The van der Waals surface area contributed by atoms with Crippen molar-refractivity contribution in [2.45, 2.75) is 72.0 Å². The maximum absolute atomic E-state index is 13.7. The summed E-state index contributed by atoms with van der Waals surface area (Å²) in [6, 6.07) is 9.93. The normalized spacial score (nSPS) is 19.6. The maximum Gasteiger partial charge on any atom is 0.255 e. The van der Waals surface area contributed by atoms with E-state index in [4.69, 9.17) is 14.2 Å². The Morgan fingerprint density at radius 3 is 2.42 bits per heavy atom. The summed E-state index contributed by atoms with van der Waals surface area (Å²) in [4.78, 5) is 55.6. The van der Waals surface area contributed by atoms with Gasteiger partial charge in [0, 0.05) is 7.05 Å². The molecule has 4 amide bonds. The van der Waals surface area contributed by atoms with Crippen molar-refractivity contribution in [2.75, 3.05) is 33.9 Å². The molecule has 2 aromatic rings. The lowest BCUT2D eigenvalue weighted by Crippen LogP contribution is -2.55. The second-order valence-electron chi connectivity index (χ2n) is 12.3. The number of methoxy groups -OCH3 is 1. The third kappa shape index (κ3) is 10.4. The van der Waals surface area contributed by atoms with Crippen molar-refractivity contribution in [3.63, 3.8) is 0 Å². The Balaban J connectivity index is 1.84. The first-order valence-electron chi connectivity index (χ1n) is 15.5. The summed E-state index contributed by atoms with van der Waals surface area (Å²) in [5.41, 5.74) is 1.24. The van der Waals surface area contributed by atoms with Gasteiger partial charge in [-0.3, -0.25) is 19.2 Å². The van der Waals surface area contributed by atoms with E-state index in [1.54, 1.807) is 49.4 Å². The second-order valence-corrected chi connectivity index (χ2v) is 12.3. The fourth-order valence-electron chi connectivity index (χ4n) is 5.20. The molecule has 11 nitrogen and oxygen atoms in total. The minimum Gasteiger partial charge on any atom is -0.493 e. The highest BCUT2D eigenvalue weighted by molar-refractivity contribution is 6.01. The molecule has 0 aromatic heterocycles. The molecule has 0 bridgehead atoms. The summed E-state index contributed by atoms with van der Waals surface area (Å²) in [7, 11) is 3.27. The van der Waals surface area contributed by atoms with Gasteiger partial charge in [-0.2, -0.15) is 0 Å². The number of para-hydroxylation sites is 1. The van der Waals surface area contributed by atoms with Crippen molar-refractivity contribution in [1.29, 1.82) is 0 Å². The number of hydrogen-bond donors (Lipinski definition) is 3. The quantitative estimate of drug-likeness (QED) is 0.345. The molecular weight excluding hydrogens is 576 g/mol. The van der Waals surface area contributed by atoms with Crippen molar-refractivity contribution in [1.82, 2.24) is 20.9 Å². The largest absolute Gasteiger partial charge is 0.493 e. The van der Waals surface area contributed by atoms with Gasteiger partial charge in [-0.15, -0.1) is 0 Å². The van der Waals surface area contributed by atoms with Crippen LogP contribution in [0.2, 0.25) is 0 Å². The van der Waals surface area contributed by atoms with Gasteiger partial charge in [0.15, 0.2) is 11.5 Å². The van der Waals surface area contributed by atoms with Crippen molar-refractivity contribution < 1.29 is 33.4 Å². The van der Waals surface area contributed by atoms with Crippen LogP contribution in [0.1, 0.15) is 62.9 Å². The topological polar surface area (TPSA) is 135 Å². The third-order valence-corrected chi connectivity index (χ3v) is 7.53. The fourth-order valence-corrected chi connectivity index (χ4v) is 5.20. The molecule has 1 aliphatic rings. The van der Waals surface area contributed by atoms with Gasteiger partial charge in [0.25, 0.3) is 5.91 Å². The number of ether oxygens (including phenoxy) is 3. The minimum absolute atomic E-state index is 0.111. The number of aryl methyl sites for hydroxylation is 1. The molecule has 3 rings (SSSR count). The van der Waals surface area contributed by atoms with E-state index in [-0.39, 0.29) is 55.5 Å². The van der Waals surface area contributed by atoms with Crippen LogP contribution in [0.5, 0.6) is 17.2 Å². The standard InChI is InChI=1S/C34H48N4O7/c1-21(2)16-24-20-45-28-11-9-8-10-25(28)32(40)37-26(19-31(39)36-27(17-22(3)4)34(42)38(24)6)33(41)35-14-15-44-29-13-12-23(5)18-30(29)43-7/h8-13,18,21-22,24,26-27H,14-17,19-20H2,1-7H3,(H,35,41)(H,36,39)(H,37,40)/t24-,26-,27-/m0/s1. The number of rotatable bonds is 10. The minimum atomic E-state index is -1.22. The van der Waals surface area contributed by atoms with Crippen LogP contribution in [0.4, 0.5) is 0 Å². The fraction of sp³-hybridized carbons (Fsp3) is 0.529. The van der Waals surface area contributed by atoms with E-state index in [1.807, 2.05) is 32.9 Å². The zero-order valence-corrected chi connectivity index (χ0v) is 27.5. The summed E-state index contributed by atoms with van der Waals surface area (Å²) >= 11 is 0. The molecule has 1 heterocycles. The lowest BCUT2D eigenvalue weighted by atomic mass is 9.99. The average Bonchev–Trinajstić information content (AvgIpc) is 2.99. The number of carbonyl (C=O) groups excluding carboxylic acids is 4. The van der Waals surface area contributed by atoms with Crippen molar-refractivity contribution >= 4 is 23.6 Å². The average molecular weight is 625 g/mol. The summed E-state index contributed by atoms with van der Waals surface area (Å²) in [5.74, 6) is -0.0634. The van der Waals surface area contributed by atoms with Crippen LogP contribution in [-0.2, 0) is 14.4 Å². The number of hydrogen-bond acceptors (Lipinski definition) is 7. The highest BCUT2D eigenvalue weighted by atomic mass is 16.5. The van der Waals surface area contributed by atoms with Crippen LogP contribution >= 0.6 is 0 Å². The van der Waals surface area contributed by atoms with Gasteiger partial charge < -0.3 is 35.1 Å². The summed E-state index contributed by atoms with van der Waals surface area (Å²) in [6.07, 6.45) is 0.714. The third-order valence-electron chi connectivity index (χ3n) is 7.53. The Bertz CT molecular complexity index is 1330. The van der Waals surface area contributed by atoms with Crippen molar-refractivity contribution in [2.24, 2.45) is 11.8 Å². The molecule has 246 valence electrons. The van der Waals surface area contributed by atoms with Crippen molar-refractivity contribution in [3.8, 4) is 17.2 Å². The predicted octanol–water partition coefficient (Wildman–Crippen LogP) is 3.48. The molecule has 11 heteroatoms. The lowest BCUT2D eigenvalue weighted by molar-refractivity contribution is -0.138. The summed E-state index contributed by atoms with van der Waals surface area (Å²) in [6.45, 7) is 10.4. The molecular formula is C34H48N4O7. The SMILES string of the molecule is COc1cc(C)ccc1OCCNC(=O)[C@@H]1CC(=O)N[C@@H](CC(C)C)C(=O)N(C)[C@@H](CC(C)C)COc2ccccc2C(=O)N1. The van der Waals surface area contributed by atoms with E-state index in [0.717, 1.165) is 5.56 Å². The Morgan fingerprint density at radius 1 is 1.02 bits per heavy atom. The summed E-state index contributed by atoms with van der Waals surface area (Å²) in [5, 5.41) is 8.30. The zero-order chi connectivity index (χ0) is 33.1. The van der Waals surface area contributed by atoms with Gasteiger partial charge in [0.2, 0.25) is 17.7 Å². The Labute approximate surface area is 266 Å². The van der Waals surface area contributed by atoms with Gasteiger partial charge in [0.05, 0.1) is 31.7 Å². The predicted molar refractivity (Wildman–Crippen MR) is 171 cm³/mol. The molecule has 1 aliphatic heterocycles. The monoisotopic (exact) mass is 624 g/mol. The second kappa shape index (κ2) is 16.7. The molecule has 45 heavy (non-hydrogen) atoms. The van der Waals surface area contributed by atoms with E-state index >= 15 is 0 Å². The number of nitrogens with zero attached hydrogens (tertiary/aromatic N) is 1. The van der Waals surface area contributed by atoms with E-state index in [9.17, 15) is 19.2 Å². The molecule has 0 fully saturated rings.